The Morgan fingerprint density at radius 2 is 2.15 bits per heavy atom. The summed E-state index contributed by atoms with van der Waals surface area (Å²) in [6.07, 6.45) is 6.31. The van der Waals surface area contributed by atoms with Crippen LogP contribution in [0, 0.1) is 12.8 Å². The number of hydrogen-bond donors (Lipinski definition) is 1. The number of nitrogens with one attached hydrogen (secondary N) is 1. The smallest absolute Gasteiger partial charge is 0.343 e. The molecular weight excluding hydrogens is 272 g/mol. The van der Waals surface area contributed by atoms with E-state index < -0.39 is 0 Å². The highest BCUT2D eigenvalue weighted by Gasteiger charge is 2.25. The molecule has 0 amide bonds. The van der Waals surface area contributed by atoms with Gasteiger partial charge >= 0.3 is 5.97 Å². The first-order chi connectivity index (χ1) is 9.63. The number of carbonyl (C=O) groups excluding carboxylic acids is 1. The van der Waals surface area contributed by atoms with E-state index >= 15 is 0 Å². The first-order valence-electron chi connectivity index (χ1n) is 7.53. The molecule has 1 fully saturated rings. The van der Waals surface area contributed by atoms with Gasteiger partial charge in [-0.1, -0.05) is 26.2 Å². The molecule has 1 aliphatic carbocycles. The van der Waals surface area contributed by atoms with Crippen LogP contribution in [-0.2, 0) is 4.74 Å². The van der Waals surface area contributed by atoms with Crippen molar-refractivity contribution in [3.63, 3.8) is 0 Å². The molecule has 1 N–H and O–H groups in total. The van der Waals surface area contributed by atoms with Crippen LogP contribution in [0.3, 0.4) is 0 Å². The van der Waals surface area contributed by atoms with E-state index in [-0.39, 0.29) is 5.97 Å². The lowest BCUT2D eigenvalue weighted by Gasteiger charge is -2.23. The molecule has 2 rings (SSSR count). The molecule has 5 heteroatoms. The molecule has 0 radical (unpaired) electrons. The zero-order chi connectivity index (χ0) is 14.5. The summed E-state index contributed by atoms with van der Waals surface area (Å²) in [6.45, 7) is 6.38. The maximum absolute atomic E-state index is 12.0. The van der Waals surface area contributed by atoms with Gasteiger partial charge in [0.15, 0.2) is 0 Å². The third-order valence-corrected chi connectivity index (χ3v) is 4.89. The maximum Gasteiger partial charge on any atom is 0.343 e. The highest BCUT2D eigenvalue weighted by Crippen LogP contribution is 2.31. The third-order valence-electron chi connectivity index (χ3n) is 4.02. The van der Waals surface area contributed by atoms with E-state index in [1.165, 1.54) is 43.6 Å². The minimum absolute atomic E-state index is 0.262. The zero-order valence-corrected chi connectivity index (χ0v) is 13.4. The van der Waals surface area contributed by atoms with Gasteiger partial charge in [-0.15, -0.1) is 0 Å². The van der Waals surface area contributed by atoms with Crippen LogP contribution >= 0.6 is 11.5 Å². The quantitative estimate of drug-likeness (QED) is 0.674. The molecule has 0 bridgehead atoms. The second kappa shape index (κ2) is 7.07. The van der Waals surface area contributed by atoms with Crippen molar-refractivity contribution in [1.82, 2.24) is 4.37 Å². The fourth-order valence-corrected chi connectivity index (χ4v) is 3.63. The lowest BCUT2D eigenvalue weighted by atomic mass is 9.97. The predicted octanol–water partition coefficient (Wildman–Crippen LogP) is 4.01. The standard InChI is InChI=1S/C15H24N2O2S/c1-4-19-15(18)13-11(3)17-20-14(13)16-12-9-7-5-6-8-10(12)2/h10,12,16H,4-9H2,1-3H3. The van der Waals surface area contributed by atoms with Crippen molar-refractivity contribution >= 4 is 22.5 Å². The largest absolute Gasteiger partial charge is 0.462 e. The second-order valence-electron chi connectivity index (χ2n) is 5.56. The summed E-state index contributed by atoms with van der Waals surface area (Å²) in [5.41, 5.74) is 1.38. The van der Waals surface area contributed by atoms with Gasteiger partial charge < -0.3 is 10.1 Å². The summed E-state index contributed by atoms with van der Waals surface area (Å²) in [4.78, 5) is 12.0. The first kappa shape index (κ1) is 15.3. The molecule has 0 aliphatic heterocycles. The molecule has 1 heterocycles. The lowest BCUT2D eigenvalue weighted by Crippen LogP contribution is -2.26. The number of rotatable bonds is 4. The third kappa shape index (κ3) is 3.51. The van der Waals surface area contributed by atoms with E-state index in [1.807, 2.05) is 13.8 Å². The number of anilines is 1. The van der Waals surface area contributed by atoms with Crippen molar-refractivity contribution in [2.45, 2.75) is 58.9 Å². The van der Waals surface area contributed by atoms with Crippen LogP contribution in [0.5, 0.6) is 0 Å². The van der Waals surface area contributed by atoms with E-state index in [9.17, 15) is 4.79 Å². The number of ether oxygens (including phenoxy) is 1. The molecular formula is C15H24N2O2S. The summed E-state index contributed by atoms with van der Waals surface area (Å²) in [6, 6.07) is 0.436. The van der Waals surface area contributed by atoms with Gasteiger partial charge in [0, 0.05) is 6.04 Å². The van der Waals surface area contributed by atoms with Gasteiger partial charge in [0.2, 0.25) is 0 Å². The van der Waals surface area contributed by atoms with Crippen LogP contribution in [0.15, 0.2) is 0 Å². The molecule has 4 nitrogen and oxygen atoms in total. The Labute approximate surface area is 125 Å². The summed E-state index contributed by atoms with van der Waals surface area (Å²) in [7, 11) is 0. The molecule has 112 valence electrons. The zero-order valence-electron chi connectivity index (χ0n) is 12.6. The number of aryl methyl sites for hydroxylation is 1. The Bertz CT molecular complexity index is 459. The lowest BCUT2D eigenvalue weighted by molar-refractivity contribution is 0.0527. The fraction of sp³-hybridized carbons (Fsp3) is 0.733. The molecule has 2 unspecified atom stereocenters. The van der Waals surface area contributed by atoms with Crippen LogP contribution in [0.4, 0.5) is 5.00 Å². The van der Waals surface area contributed by atoms with Gasteiger partial charge in [-0.2, -0.15) is 4.37 Å². The van der Waals surface area contributed by atoms with Gasteiger partial charge in [0.25, 0.3) is 0 Å². The van der Waals surface area contributed by atoms with Crippen molar-refractivity contribution in [3.8, 4) is 0 Å². The molecule has 0 spiro atoms. The molecule has 1 aliphatic rings. The fourth-order valence-electron chi connectivity index (χ4n) is 2.79. The Morgan fingerprint density at radius 3 is 2.90 bits per heavy atom. The summed E-state index contributed by atoms with van der Waals surface area (Å²) in [5.74, 6) is 0.373. The van der Waals surface area contributed by atoms with Gasteiger partial charge in [-0.25, -0.2) is 4.79 Å². The van der Waals surface area contributed by atoms with E-state index in [2.05, 4.69) is 16.6 Å². The Hall–Kier alpha value is -1.10. The van der Waals surface area contributed by atoms with E-state index in [0.29, 0.717) is 24.1 Å². The van der Waals surface area contributed by atoms with E-state index in [4.69, 9.17) is 4.74 Å². The molecule has 2 atom stereocenters. The second-order valence-corrected chi connectivity index (χ2v) is 6.33. The van der Waals surface area contributed by atoms with Crippen molar-refractivity contribution in [2.75, 3.05) is 11.9 Å². The Morgan fingerprint density at radius 1 is 1.40 bits per heavy atom. The summed E-state index contributed by atoms with van der Waals surface area (Å²) < 4.78 is 9.45. The molecule has 1 saturated carbocycles. The number of esters is 1. The average Bonchev–Trinajstić information content (AvgIpc) is 2.65. The molecule has 1 aromatic heterocycles. The summed E-state index contributed by atoms with van der Waals surface area (Å²) in [5, 5.41) is 4.43. The number of nitrogens with zero attached hydrogens (tertiary/aromatic N) is 1. The first-order valence-corrected chi connectivity index (χ1v) is 8.30. The van der Waals surface area contributed by atoms with Gasteiger partial charge in [-0.05, 0) is 44.1 Å². The average molecular weight is 296 g/mol. The van der Waals surface area contributed by atoms with Crippen LogP contribution in [0.25, 0.3) is 0 Å². The molecule has 0 aromatic carbocycles. The Kier molecular flexibility index (Phi) is 5.40. The van der Waals surface area contributed by atoms with Crippen molar-refractivity contribution in [2.24, 2.45) is 5.92 Å². The van der Waals surface area contributed by atoms with E-state index in [1.54, 1.807) is 0 Å². The van der Waals surface area contributed by atoms with Gasteiger partial charge in [-0.3, -0.25) is 0 Å². The monoisotopic (exact) mass is 296 g/mol. The minimum atomic E-state index is -0.262. The van der Waals surface area contributed by atoms with Crippen LogP contribution in [0.1, 0.15) is 62.0 Å². The van der Waals surface area contributed by atoms with Crippen LogP contribution in [0.2, 0.25) is 0 Å². The number of carbonyl (C=O) groups is 1. The maximum atomic E-state index is 12.0. The van der Waals surface area contributed by atoms with Crippen molar-refractivity contribution in [3.05, 3.63) is 11.3 Å². The number of hydrogen-bond acceptors (Lipinski definition) is 5. The van der Waals surface area contributed by atoms with Crippen LogP contribution < -0.4 is 5.32 Å². The summed E-state index contributed by atoms with van der Waals surface area (Å²) >= 11 is 1.37. The minimum Gasteiger partial charge on any atom is -0.462 e. The van der Waals surface area contributed by atoms with Gasteiger partial charge in [0.1, 0.15) is 10.6 Å². The number of aromatic nitrogens is 1. The normalized spacial score (nSPS) is 23.1. The SMILES string of the molecule is CCOC(=O)c1c(C)nsc1NC1CCCCCC1C. The highest BCUT2D eigenvalue weighted by molar-refractivity contribution is 7.10. The van der Waals surface area contributed by atoms with Crippen LogP contribution in [-0.4, -0.2) is 23.0 Å². The van der Waals surface area contributed by atoms with Gasteiger partial charge in [0.05, 0.1) is 12.3 Å². The van der Waals surface area contributed by atoms with E-state index in [0.717, 1.165) is 10.7 Å². The van der Waals surface area contributed by atoms with Crippen molar-refractivity contribution in [1.29, 1.82) is 0 Å². The predicted molar refractivity (Wildman–Crippen MR) is 82.5 cm³/mol. The molecule has 0 saturated heterocycles. The Balaban J connectivity index is 2.14. The highest BCUT2D eigenvalue weighted by atomic mass is 32.1. The molecule has 1 aromatic rings. The molecule has 20 heavy (non-hydrogen) atoms. The topological polar surface area (TPSA) is 51.2 Å². The van der Waals surface area contributed by atoms with Crippen molar-refractivity contribution < 1.29 is 9.53 Å².